The Kier molecular flexibility index (Phi) is 4.32. The van der Waals surface area contributed by atoms with Crippen molar-refractivity contribution in [3.63, 3.8) is 0 Å². The summed E-state index contributed by atoms with van der Waals surface area (Å²) in [7, 11) is 0. The molecule has 0 N–H and O–H groups in total. The minimum absolute atomic E-state index is 0.526. The quantitative estimate of drug-likeness (QED) is 0.832. The number of hydrogen-bond acceptors (Lipinski definition) is 5. The van der Waals surface area contributed by atoms with E-state index in [0.29, 0.717) is 12.0 Å². The van der Waals surface area contributed by atoms with Gasteiger partial charge in [0, 0.05) is 37.9 Å². The van der Waals surface area contributed by atoms with Gasteiger partial charge in [-0.15, -0.1) is 0 Å². The number of aryl methyl sites for hydroxylation is 2. The second-order valence-electron chi connectivity index (χ2n) is 6.49. The molecule has 22 heavy (non-hydrogen) atoms. The zero-order chi connectivity index (χ0) is 15.7. The third-order valence-electron chi connectivity index (χ3n) is 4.82. The summed E-state index contributed by atoms with van der Waals surface area (Å²) in [6.07, 6.45) is 0. The third kappa shape index (κ3) is 2.81. The van der Waals surface area contributed by atoms with Crippen molar-refractivity contribution in [2.24, 2.45) is 5.92 Å². The molecule has 2 fully saturated rings. The van der Waals surface area contributed by atoms with Crippen LogP contribution in [0.1, 0.15) is 23.7 Å². The lowest BCUT2D eigenvalue weighted by atomic mass is 10.0. The van der Waals surface area contributed by atoms with Gasteiger partial charge in [0.05, 0.1) is 18.8 Å². The highest BCUT2D eigenvalue weighted by Crippen LogP contribution is 2.30. The molecule has 2 aliphatic rings. The molecule has 0 saturated carbocycles. The molecule has 0 aromatic carbocycles. The summed E-state index contributed by atoms with van der Waals surface area (Å²) in [4.78, 5) is 9.49. The van der Waals surface area contributed by atoms with E-state index in [1.54, 1.807) is 0 Å². The Balaban J connectivity index is 1.84. The fourth-order valence-corrected chi connectivity index (χ4v) is 3.69. The van der Waals surface area contributed by atoms with Crippen LogP contribution in [-0.2, 0) is 4.74 Å². The fourth-order valence-electron chi connectivity index (χ4n) is 3.69. The molecule has 2 atom stereocenters. The van der Waals surface area contributed by atoms with Crippen molar-refractivity contribution in [3.8, 4) is 6.07 Å². The predicted octanol–water partition coefficient (Wildman–Crippen LogP) is 1.73. The van der Waals surface area contributed by atoms with Crippen molar-refractivity contribution in [1.82, 2.24) is 9.88 Å². The molecule has 0 aliphatic carbocycles. The van der Waals surface area contributed by atoms with E-state index in [9.17, 15) is 5.26 Å². The number of pyridine rings is 1. The van der Waals surface area contributed by atoms with Crippen molar-refractivity contribution in [1.29, 1.82) is 5.26 Å². The van der Waals surface area contributed by atoms with E-state index in [1.165, 1.54) is 0 Å². The van der Waals surface area contributed by atoms with Crippen LogP contribution in [-0.4, -0.2) is 55.3 Å². The molecule has 0 amide bonds. The minimum Gasteiger partial charge on any atom is -0.379 e. The average Bonchev–Trinajstić information content (AvgIpc) is 2.89. The van der Waals surface area contributed by atoms with Crippen LogP contribution < -0.4 is 4.90 Å². The zero-order valence-electron chi connectivity index (χ0n) is 13.7. The van der Waals surface area contributed by atoms with Gasteiger partial charge in [-0.2, -0.15) is 5.26 Å². The lowest BCUT2D eigenvalue weighted by Crippen LogP contribution is -2.46. The fraction of sp³-hybridized carbons (Fsp3) is 0.647. The van der Waals surface area contributed by atoms with Gasteiger partial charge >= 0.3 is 0 Å². The Morgan fingerprint density at radius 1 is 1.27 bits per heavy atom. The number of hydrogen-bond donors (Lipinski definition) is 0. The maximum atomic E-state index is 9.49. The first kappa shape index (κ1) is 15.3. The summed E-state index contributed by atoms with van der Waals surface area (Å²) in [6.45, 7) is 11.9. The summed E-state index contributed by atoms with van der Waals surface area (Å²) >= 11 is 0. The van der Waals surface area contributed by atoms with Crippen LogP contribution >= 0.6 is 0 Å². The van der Waals surface area contributed by atoms with Gasteiger partial charge in [0.2, 0.25) is 0 Å². The van der Waals surface area contributed by atoms with E-state index in [2.05, 4.69) is 27.8 Å². The molecule has 0 spiro atoms. The number of nitrogens with zero attached hydrogens (tertiary/aromatic N) is 4. The number of ether oxygens (including phenoxy) is 1. The van der Waals surface area contributed by atoms with Gasteiger partial charge in [-0.3, -0.25) is 4.90 Å². The number of nitriles is 1. The monoisotopic (exact) mass is 300 g/mol. The van der Waals surface area contributed by atoms with Gasteiger partial charge in [0.25, 0.3) is 0 Å². The SMILES string of the molecule is Cc1cc(C)c(C#N)c(N2C[C@@H](C)[C@@H](N3CCOCC3)C2)n1. The minimum atomic E-state index is 0.526. The third-order valence-corrected chi connectivity index (χ3v) is 4.82. The van der Waals surface area contributed by atoms with Gasteiger partial charge in [0.1, 0.15) is 11.9 Å². The lowest BCUT2D eigenvalue weighted by molar-refractivity contribution is 0.0134. The van der Waals surface area contributed by atoms with Crippen LogP contribution in [0.3, 0.4) is 0 Å². The van der Waals surface area contributed by atoms with E-state index in [4.69, 9.17) is 4.74 Å². The van der Waals surface area contributed by atoms with Crippen LogP contribution in [0, 0.1) is 31.1 Å². The number of rotatable bonds is 2. The summed E-state index contributed by atoms with van der Waals surface area (Å²) in [5.74, 6) is 1.44. The molecule has 2 saturated heterocycles. The first-order valence-corrected chi connectivity index (χ1v) is 8.05. The van der Waals surface area contributed by atoms with E-state index in [1.807, 2.05) is 19.9 Å². The summed E-state index contributed by atoms with van der Waals surface area (Å²) < 4.78 is 5.46. The van der Waals surface area contributed by atoms with Crippen molar-refractivity contribution < 1.29 is 4.74 Å². The highest BCUT2D eigenvalue weighted by Gasteiger charge is 2.36. The van der Waals surface area contributed by atoms with Crippen LogP contribution in [0.15, 0.2) is 6.07 Å². The molecule has 1 aromatic heterocycles. The second-order valence-corrected chi connectivity index (χ2v) is 6.49. The average molecular weight is 300 g/mol. The highest BCUT2D eigenvalue weighted by atomic mass is 16.5. The van der Waals surface area contributed by atoms with E-state index in [-0.39, 0.29) is 0 Å². The number of anilines is 1. The van der Waals surface area contributed by atoms with E-state index >= 15 is 0 Å². The smallest absolute Gasteiger partial charge is 0.147 e. The Morgan fingerprint density at radius 2 is 2.00 bits per heavy atom. The van der Waals surface area contributed by atoms with Gasteiger partial charge in [-0.1, -0.05) is 6.92 Å². The van der Waals surface area contributed by atoms with Gasteiger partial charge in [-0.25, -0.2) is 4.98 Å². The lowest BCUT2D eigenvalue weighted by Gasteiger charge is -2.34. The molecule has 3 heterocycles. The topological polar surface area (TPSA) is 52.4 Å². The summed E-state index contributed by atoms with van der Waals surface area (Å²) in [5, 5.41) is 9.49. The summed E-state index contributed by atoms with van der Waals surface area (Å²) in [5.41, 5.74) is 2.72. The zero-order valence-corrected chi connectivity index (χ0v) is 13.7. The van der Waals surface area contributed by atoms with Crippen molar-refractivity contribution >= 4 is 5.82 Å². The van der Waals surface area contributed by atoms with Gasteiger partial charge in [0.15, 0.2) is 0 Å². The van der Waals surface area contributed by atoms with Gasteiger partial charge in [-0.05, 0) is 31.4 Å². The molecule has 3 rings (SSSR count). The molecule has 0 radical (unpaired) electrons. The number of morpholine rings is 1. The summed E-state index contributed by atoms with van der Waals surface area (Å²) in [6, 6.07) is 4.85. The molecule has 118 valence electrons. The molecule has 2 aliphatic heterocycles. The van der Waals surface area contributed by atoms with Crippen molar-refractivity contribution in [2.45, 2.75) is 26.8 Å². The Bertz CT molecular complexity index is 589. The maximum absolute atomic E-state index is 9.49. The van der Waals surface area contributed by atoms with E-state index < -0.39 is 0 Å². The molecule has 1 aromatic rings. The molecule has 0 bridgehead atoms. The maximum Gasteiger partial charge on any atom is 0.147 e. The Morgan fingerprint density at radius 3 is 2.68 bits per heavy atom. The first-order chi connectivity index (χ1) is 10.6. The Labute approximate surface area is 132 Å². The standard InChI is InChI=1S/C17H24N4O/c1-12-8-14(3)19-17(15(12)9-18)21-10-13(2)16(11-21)20-4-6-22-7-5-20/h8,13,16H,4-7,10-11H2,1-3H3/t13-,16+/m1/s1. The van der Waals surface area contributed by atoms with Crippen LogP contribution in [0.25, 0.3) is 0 Å². The van der Waals surface area contributed by atoms with Crippen LogP contribution in [0.4, 0.5) is 5.82 Å². The predicted molar refractivity (Wildman–Crippen MR) is 86.0 cm³/mol. The van der Waals surface area contributed by atoms with Crippen molar-refractivity contribution in [2.75, 3.05) is 44.3 Å². The normalized spacial score (nSPS) is 26.2. The second kappa shape index (κ2) is 6.23. The molecule has 5 nitrogen and oxygen atoms in total. The van der Waals surface area contributed by atoms with Crippen LogP contribution in [0.2, 0.25) is 0 Å². The largest absolute Gasteiger partial charge is 0.379 e. The Hall–Kier alpha value is -1.64. The molecular formula is C17H24N4O. The van der Waals surface area contributed by atoms with Gasteiger partial charge < -0.3 is 9.64 Å². The molecule has 5 heteroatoms. The van der Waals surface area contributed by atoms with E-state index in [0.717, 1.165) is 62.0 Å². The van der Waals surface area contributed by atoms with Crippen molar-refractivity contribution in [3.05, 3.63) is 22.9 Å². The highest BCUT2D eigenvalue weighted by molar-refractivity contribution is 5.59. The molecule has 0 unspecified atom stereocenters. The molecular weight excluding hydrogens is 276 g/mol. The number of aromatic nitrogens is 1. The first-order valence-electron chi connectivity index (χ1n) is 8.05. The van der Waals surface area contributed by atoms with Crippen LogP contribution in [0.5, 0.6) is 0 Å².